The summed E-state index contributed by atoms with van der Waals surface area (Å²) in [5.74, 6) is -0.343. The van der Waals surface area contributed by atoms with Crippen molar-refractivity contribution < 1.29 is 9.59 Å². The van der Waals surface area contributed by atoms with Gasteiger partial charge in [-0.1, -0.05) is 11.6 Å². The highest BCUT2D eigenvalue weighted by molar-refractivity contribution is 7.21. The second-order valence-electron chi connectivity index (χ2n) is 4.95. The average Bonchev–Trinajstić information content (AvgIpc) is 2.78. The lowest BCUT2D eigenvalue weighted by atomic mass is 10.1. The molecule has 0 radical (unpaired) electrons. The molecule has 1 aromatic heterocycles. The topological polar surface area (TPSA) is 75.4 Å². The Morgan fingerprint density at radius 3 is 3.05 bits per heavy atom. The molecule has 1 aromatic carbocycles. The quantitative estimate of drug-likeness (QED) is 0.844. The molecule has 0 saturated carbocycles. The Kier molecular flexibility index (Phi) is 3.51. The number of piperazine rings is 1. The van der Waals surface area contributed by atoms with Crippen molar-refractivity contribution in [1.82, 2.24) is 10.2 Å². The van der Waals surface area contributed by atoms with E-state index in [4.69, 9.17) is 17.3 Å². The molecule has 0 spiro atoms. The smallest absolute Gasteiger partial charge is 0.266 e. The van der Waals surface area contributed by atoms with E-state index in [0.717, 1.165) is 10.1 Å². The van der Waals surface area contributed by atoms with Gasteiger partial charge in [0, 0.05) is 28.2 Å². The molecule has 3 rings (SSSR count). The van der Waals surface area contributed by atoms with Crippen molar-refractivity contribution in [2.24, 2.45) is 0 Å². The van der Waals surface area contributed by atoms with Gasteiger partial charge in [0.15, 0.2) is 0 Å². The minimum Gasteiger partial charge on any atom is -0.397 e. The third-order valence-corrected chi connectivity index (χ3v) is 5.04. The number of nitrogens with zero attached hydrogens (tertiary/aromatic N) is 1. The number of halogens is 1. The Labute approximate surface area is 130 Å². The summed E-state index contributed by atoms with van der Waals surface area (Å²) in [6.45, 7) is 2.67. The Morgan fingerprint density at radius 2 is 2.29 bits per heavy atom. The first-order valence-electron chi connectivity index (χ1n) is 6.55. The number of hydrogen-bond donors (Lipinski definition) is 2. The summed E-state index contributed by atoms with van der Waals surface area (Å²) in [6.07, 6.45) is 0. The van der Waals surface area contributed by atoms with Gasteiger partial charge in [0.25, 0.3) is 5.91 Å². The van der Waals surface area contributed by atoms with Gasteiger partial charge in [-0.2, -0.15) is 0 Å². The number of carbonyl (C=O) groups is 2. The lowest BCUT2D eigenvalue weighted by molar-refractivity contribution is -0.127. The number of nitrogen functional groups attached to an aromatic ring is 1. The van der Waals surface area contributed by atoms with Crippen molar-refractivity contribution >= 4 is 50.5 Å². The summed E-state index contributed by atoms with van der Waals surface area (Å²) in [5.41, 5.74) is 6.55. The van der Waals surface area contributed by atoms with Crippen LogP contribution in [-0.2, 0) is 4.79 Å². The maximum absolute atomic E-state index is 12.7. The van der Waals surface area contributed by atoms with E-state index in [-0.39, 0.29) is 11.8 Å². The minimum atomic E-state index is -0.487. The number of nitrogens with one attached hydrogen (secondary N) is 1. The molecule has 21 heavy (non-hydrogen) atoms. The van der Waals surface area contributed by atoms with E-state index >= 15 is 0 Å². The molecule has 1 fully saturated rings. The molecular formula is C14H14ClN3O2S. The fourth-order valence-electron chi connectivity index (χ4n) is 2.44. The highest BCUT2D eigenvalue weighted by Crippen LogP contribution is 2.36. The van der Waals surface area contributed by atoms with Crippen LogP contribution in [0.1, 0.15) is 16.6 Å². The van der Waals surface area contributed by atoms with E-state index in [9.17, 15) is 9.59 Å². The van der Waals surface area contributed by atoms with Crippen molar-refractivity contribution in [1.29, 1.82) is 0 Å². The third-order valence-electron chi connectivity index (χ3n) is 3.64. The molecule has 1 saturated heterocycles. The van der Waals surface area contributed by atoms with Gasteiger partial charge in [-0.3, -0.25) is 9.59 Å². The molecule has 1 aliphatic heterocycles. The molecule has 3 N–H and O–H groups in total. The molecule has 110 valence electrons. The second-order valence-corrected chi connectivity index (χ2v) is 6.44. The molecule has 2 heterocycles. The van der Waals surface area contributed by atoms with Crippen LogP contribution < -0.4 is 11.1 Å². The lowest BCUT2D eigenvalue weighted by Crippen LogP contribution is -2.55. The first-order valence-corrected chi connectivity index (χ1v) is 7.74. The van der Waals surface area contributed by atoms with Gasteiger partial charge in [0.05, 0.1) is 5.69 Å². The summed E-state index contributed by atoms with van der Waals surface area (Å²) in [6, 6.07) is 4.87. The van der Waals surface area contributed by atoms with Gasteiger partial charge < -0.3 is 16.0 Å². The number of nitrogens with two attached hydrogens (primary N) is 1. The number of fused-ring (bicyclic) bond motifs is 1. The van der Waals surface area contributed by atoms with Crippen LogP contribution in [0.2, 0.25) is 5.02 Å². The molecular weight excluding hydrogens is 310 g/mol. The zero-order valence-corrected chi connectivity index (χ0v) is 12.9. The summed E-state index contributed by atoms with van der Waals surface area (Å²) < 4.78 is 0.873. The summed E-state index contributed by atoms with van der Waals surface area (Å²) in [7, 11) is 0. The Hall–Kier alpha value is -1.79. The van der Waals surface area contributed by atoms with Crippen LogP contribution in [0.3, 0.4) is 0 Å². The number of anilines is 1. The molecule has 2 aromatic rings. The normalized spacial score (nSPS) is 18.9. The van der Waals surface area contributed by atoms with Gasteiger partial charge in [0.1, 0.15) is 10.9 Å². The summed E-state index contributed by atoms with van der Waals surface area (Å²) in [5, 5.41) is 4.16. The van der Waals surface area contributed by atoms with Crippen LogP contribution >= 0.6 is 22.9 Å². The molecule has 7 heteroatoms. The van der Waals surface area contributed by atoms with Crippen LogP contribution in [0, 0.1) is 0 Å². The molecule has 1 atom stereocenters. The number of rotatable bonds is 1. The Morgan fingerprint density at radius 1 is 1.52 bits per heavy atom. The van der Waals surface area contributed by atoms with Crippen LogP contribution in [-0.4, -0.2) is 35.8 Å². The van der Waals surface area contributed by atoms with Crippen LogP contribution in [0.4, 0.5) is 5.69 Å². The Balaban J connectivity index is 2.01. The monoisotopic (exact) mass is 323 g/mol. The van der Waals surface area contributed by atoms with Crippen molar-refractivity contribution in [2.45, 2.75) is 13.0 Å². The summed E-state index contributed by atoms with van der Waals surface area (Å²) >= 11 is 7.28. The highest BCUT2D eigenvalue weighted by Gasteiger charge is 2.32. The van der Waals surface area contributed by atoms with E-state index in [2.05, 4.69) is 5.32 Å². The van der Waals surface area contributed by atoms with E-state index in [1.165, 1.54) is 11.3 Å². The van der Waals surface area contributed by atoms with Gasteiger partial charge >= 0.3 is 0 Å². The first-order chi connectivity index (χ1) is 9.99. The fraction of sp³-hybridized carbons (Fsp3) is 0.286. The highest BCUT2D eigenvalue weighted by atomic mass is 35.5. The van der Waals surface area contributed by atoms with E-state index < -0.39 is 6.04 Å². The molecule has 2 amide bonds. The Bertz CT molecular complexity index is 743. The maximum atomic E-state index is 12.7. The number of amides is 2. The first kappa shape index (κ1) is 14.2. The standard InChI is InChI=1S/C14H14ClN3O2S/c1-7-13(19)17-4-5-18(7)14(20)12-11(16)9-3-2-8(15)6-10(9)21-12/h2-3,6-7H,4-5,16H2,1H3,(H,17,19). The van der Waals surface area contributed by atoms with Crippen molar-refractivity contribution in [3.05, 3.63) is 28.1 Å². The average molecular weight is 324 g/mol. The van der Waals surface area contributed by atoms with Crippen LogP contribution in [0.15, 0.2) is 18.2 Å². The summed E-state index contributed by atoms with van der Waals surface area (Å²) in [4.78, 5) is 26.4. The van der Waals surface area contributed by atoms with E-state index in [1.807, 2.05) is 6.07 Å². The van der Waals surface area contributed by atoms with Gasteiger partial charge in [-0.05, 0) is 25.1 Å². The van der Waals surface area contributed by atoms with E-state index in [0.29, 0.717) is 28.7 Å². The fourth-order valence-corrected chi connectivity index (χ4v) is 3.79. The molecule has 1 aliphatic rings. The molecule has 5 nitrogen and oxygen atoms in total. The van der Waals surface area contributed by atoms with Crippen LogP contribution in [0.5, 0.6) is 0 Å². The number of carbonyl (C=O) groups excluding carboxylic acids is 2. The van der Waals surface area contributed by atoms with Crippen molar-refractivity contribution in [3.63, 3.8) is 0 Å². The predicted octanol–water partition coefficient (Wildman–Crippen LogP) is 2.10. The van der Waals surface area contributed by atoms with Crippen LogP contribution in [0.25, 0.3) is 10.1 Å². The SMILES string of the molecule is CC1C(=O)NCCN1C(=O)c1sc2cc(Cl)ccc2c1N. The second kappa shape index (κ2) is 5.20. The number of benzene rings is 1. The molecule has 0 bridgehead atoms. The van der Waals surface area contributed by atoms with Gasteiger partial charge in [-0.25, -0.2) is 0 Å². The molecule has 1 unspecified atom stereocenters. The maximum Gasteiger partial charge on any atom is 0.266 e. The van der Waals surface area contributed by atoms with Gasteiger partial charge in [0.2, 0.25) is 5.91 Å². The largest absolute Gasteiger partial charge is 0.397 e. The van der Waals surface area contributed by atoms with Crippen molar-refractivity contribution in [2.75, 3.05) is 18.8 Å². The number of thiophene rings is 1. The number of hydrogen-bond acceptors (Lipinski definition) is 4. The molecule has 0 aliphatic carbocycles. The van der Waals surface area contributed by atoms with E-state index in [1.54, 1.807) is 24.0 Å². The zero-order chi connectivity index (χ0) is 15.1. The zero-order valence-electron chi connectivity index (χ0n) is 11.4. The predicted molar refractivity (Wildman–Crippen MR) is 84.8 cm³/mol. The minimum absolute atomic E-state index is 0.141. The van der Waals surface area contributed by atoms with Gasteiger partial charge in [-0.15, -0.1) is 11.3 Å². The lowest BCUT2D eigenvalue weighted by Gasteiger charge is -2.32. The third kappa shape index (κ3) is 2.34. The van der Waals surface area contributed by atoms with Crippen molar-refractivity contribution in [3.8, 4) is 0 Å².